The summed E-state index contributed by atoms with van der Waals surface area (Å²) >= 11 is 0. The monoisotopic (exact) mass is 481 g/mol. The van der Waals surface area contributed by atoms with Crippen LogP contribution >= 0.6 is 0 Å². The second kappa shape index (κ2) is 8.94. The van der Waals surface area contributed by atoms with Crippen molar-refractivity contribution in [2.24, 2.45) is 5.73 Å². The lowest BCUT2D eigenvalue weighted by molar-refractivity contribution is -0.392. The zero-order valence-electron chi connectivity index (χ0n) is 18.7. The summed E-state index contributed by atoms with van der Waals surface area (Å²) in [4.78, 5) is 41.2. The maximum absolute atomic E-state index is 13.5. The average Bonchev–Trinajstić information content (AvgIpc) is 2.81. The van der Waals surface area contributed by atoms with Crippen LogP contribution in [0, 0.1) is 0 Å². The van der Waals surface area contributed by atoms with Crippen molar-refractivity contribution in [1.29, 1.82) is 0 Å². The molecule has 0 aromatic heterocycles. The van der Waals surface area contributed by atoms with E-state index in [0.717, 1.165) is 18.5 Å². The summed E-state index contributed by atoms with van der Waals surface area (Å²) in [6.07, 6.45) is 2.83. The zero-order chi connectivity index (χ0) is 24.7. The minimum Gasteiger partial charge on any atom is -0.435 e. The number of hydrogen-bond donors (Lipinski definition) is 1. The van der Waals surface area contributed by atoms with E-state index in [4.69, 9.17) is 5.73 Å². The highest BCUT2D eigenvalue weighted by Crippen LogP contribution is 2.36. The molecular formula is C25H23F2N4O4+. The van der Waals surface area contributed by atoms with Crippen LogP contribution in [0.1, 0.15) is 25.7 Å². The van der Waals surface area contributed by atoms with Crippen LogP contribution in [0.5, 0.6) is 5.75 Å². The number of amides is 3. The molecule has 0 radical (unpaired) electrons. The van der Waals surface area contributed by atoms with Gasteiger partial charge in [-0.2, -0.15) is 8.78 Å². The number of nitrogens with two attached hydrogens (primary N) is 1. The number of carbonyl (C=O) groups is 3. The number of ether oxygens (including phenoxy) is 1. The molecule has 2 aromatic carbocycles. The highest BCUT2D eigenvalue weighted by molar-refractivity contribution is 6.50. The number of benzene rings is 2. The fourth-order valence-corrected chi connectivity index (χ4v) is 4.79. The quantitative estimate of drug-likeness (QED) is 0.642. The topological polar surface area (TPSA) is 96.0 Å². The first-order valence-corrected chi connectivity index (χ1v) is 11.3. The third-order valence-corrected chi connectivity index (χ3v) is 6.40. The molecule has 2 fully saturated rings. The summed E-state index contributed by atoms with van der Waals surface area (Å²) in [6.45, 7) is -1.91. The number of halogens is 2. The first kappa shape index (κ1) is 22.7. The molecule has 3 aliphatic rings. The van der Waals surface area contributed by atoms with Crippen molar-refractivity contribution in [3.05, 3.63) is 59.8 Å². The summed E-state index contributed by atoms with van der Waals surface area (Å²) in [7, 11) is 0. The molecular weight excluding hydrogens is 458 g/mol. The van der Waals surface area contributed by atoms with E-state index in [2.05, 4.69) is 4.74 Å². The summed E-state index contributed by atoms with van der Waals surface area (Å²) < 4.78 is 30.8. The first-order chi connectivity index (χ1) is 16.8. The molecule has 8 nitrogen and oxygen atoms in total. The Balaban J connectivity index is 1.43. The lowest BCUT2D eigenvalue weighted by Gasteiger charge is -2.32. The minimum atomic E-state index is -2.96. The van der Waals surface area contributed by atoms with E-state index in [1.807, 2.05) is 12.1 Å². The van der Waals surface area contributed by atoms with E-state index < -0.39 is 12.5 Å². The maximum atomic E-state index is 13.5. The molecule has 3 heterocycles. The Hall–Kier alpha value is -4.08. The lowest BCUT2D eigenvalue weighted by Crippen LogP contribution is -2.52. The zero-order valence-corrected chi connectivity index (χ0v) is 18.7. The Morgan fingerprint density at radius 3 is 2.17 bits per heavy atom. The number of anilines is 2. The summed E-state index contributed by atoms with van der Waals surface area (Å²) in [6, 6.07) is 12.9. The van der Waals surface area contributed by atoms with Crippen LogP contribution < -0.4 is 20.3 Å². The van der Waals surface area contributed by atoms with E-state index in [1.54, 1.807) is 21.9 Å². The van der Waals surface area contributed by atoms with Crippen molar-refractivity contribution < 1.29 is 32.5 Å². The van der Waals surface area contributed by atoms with Gasteiger partial charge in [-0.05, 0) is 49.2 Å². The van der Waals surface area contributed by atoms with Crippen molar-refractivity contribution in [3.8, 4) is 5.75 Å². The molecule has 10 heteroatoms. The Labute approximate surface area is 199 Å². The molecule has 0 bridgehead atoms. The molecule has 0 atom stereocenters. The van der Waals surface area contributed by atoms with Crippen molar-refractivity contribution in [2.45, 2.75) is 32.3 Å². The van der Waals surface area contributed by atoms with E-state index in [1.165, 1.54) is 28.8 Å². The number of alkyl halides is 2. The van der Waals surface area contributed by atoms with Crippen molar-refractivity contribution in [1.82, 2.24) is 0 Å². The second-order valence-corrected chi connectivity index (χ2v) is 8.47. The van der Waals surface area contributed by atoms with Gasteiger partial charge in [-0.25, -0.2) is 0 Å². The number of rotatable bonds is 6. The second-order valence-electron chi connectivity index (χ2n) is 8.47. The molecule has 3 aliphatic heterocycles. The van der Waals surface area contributed by atoms with E-state index >= 15 is 0 Å². The number of hydrogen-bond acceptors (Lipinski definition) is 4. The summed E-state index contributed by atoms with van der Waals surface area (Å²) in [5.41, 5.74) is 8.61. The maximum Gasteiger partial charge on any atom is 0.387 e. The van der Waals surface area contributed by atoms with Gasteiger partial charge >= 0.3 is 18.4 Å². The Morgan fingerprint density at radius 2 is 1.57 bits per heavy atom. The van der Waals surface area contributed by atoms with Crippen molar-refractivity contribution >= 4 is 40.5 Å². The largest absolute Gasteiger partial charge is 0.435 e. The van der Waals surface area contributed by atoms with Crippen LogP contribution in [-0.2, 0) is 14.4 Å². The van der Waals surface area contributed by atoms with Crippen LogP contribution in [0.3, 0.4) is 0 Å². The van der Waals surface area contributed by atoms with Gasteiger partial charge in [0.2, 0.25) is 11.6 Å². The molecule has 0 spiro atoms. The summed E-state index contributed by atoms with van der Waals surface area (Å²) in [5, 5.41) is 0. The van der Waals surface area contributed by atoms with Gasteiger partial charge in [0.05, 0.1) is 0 Å². The highest BCUT2D eigenvalue weighted by atomic mass is 19.3. The number of primary amides is 1. The average molecular weight is 481 g/mol. The summed E-state index contributed by atoms with van der Waals surface area (Å²) in [5.74, 6) is -0.917. The van der Waals surface area contributed by atoms with E-state index in [-0.39, 0.29) is 23.3 Å². The van der Waals surface area contributed by atoms with Crippen LogP contribution in [0.25, 0.3) is 0 Å². The fraction of sp³-hybridized carbons (Fsp3) is 0.280. The Bertz CT molecular complexity index is 1270. The SMILES string of the molecule is NC(=O)C1=C2CCN(c3ccc(N4CCCCC4=O)cc3)C(=O)C2=[N+]1c1ccc(OC(F)F)cc1. The normalized spacial score (nSPS) is 18.1. The highest BCUT2D eigenvalue weighted by Gasteiger charge is 2.51. The van der Waals surface area contributed by atoms with Crippen molar-refractivity contribution in [3.63, 3.8) is 0 Å². The minimum absolute atomic E-state index is 0.0389. The molecule has 2 N–H and O–H groups in total. The van der Waals surface area contributed by atoms with E-state index in [9.17, 15) is 23.2 Å². The molecule has 2 saturated heterocycles. The van der Waals surface area contributed by atoms with Crippen LogP contribution in [0.2, 0.25) is 0 Å². The number of carbonyl (C=O) groups excluding carboxylic acids is 3. The van der Waals surface area contributed by atoms with Gasteiger partial charge in [-0.15, -0.1) is 4.58 Å². The standard InChI is InChI=1S/C25H22F2N4O4/c26-25(27)35-18-10-8-17(9-11-18)31-21(23(28)33)19-12-14-30(24(34)22(19)31)16-6-4-15(5-7-16)29-13-2-1-3-20(29)32/h4-11,25H,1-3,12-14H2,(H-,28,33)/p+1. The number of nitrogens with zero attached hydrogens (tertiary/aromatic N) is 3. The van der Waals surface area contributed by atoms with E-state index in [0.29, 0.717) is 48.6 Å². The van der Waals surface area contributed by atoms with Gasteiger partial charge in [0.1, 0.15) is 11.3 Å². The molecule has 0 unspecified atom stereocenters. The molecule has 5 rings (SSSR count). The third kappa shape index (κ3) is 4.05. The van der Waals surface area contributed by atoms with Gasteiger partial charge in [-0.1, -0.05) is 0 Å². The van der Waals surface area contributed by atoms with Crippen LogP contribution in [-0.4, -0.2) is 47.7 Å². The fourth-order valence-electron chi connectivity index (χ4n) is 4.79. The number of fused-ring (bicyclic) bond motifs is 1. The van der Waals surface area contributed by atoms with Gasteiger partial charge in [-0.3, -0.25) is 14.4 Å². The lowest BCUT2D eigenvalue weighted by atomic mass is 9.90. The van der Waals surface area contributed by atoms with Gasteiger partial charge in [0.15, 0.2) is 0 Å². The van der Waals surface area contributed by atoms with Crippen molar-refractivity contribution in [2.75, 3.05) is 22.9 Å². The number of piperidine rings is 2. The predicted molar refractivity (Wildman–Crippen MR) is 124 cm³/mol. The molecule has 35 heavy (non-hydrogen) atoms. The molecule has 2 aromatic rings. The third-order valence-electron chi connectivity index (χ3n) is 6.40. The molecule has 0 saturated carbocycles. The first-order valence-electron chi connectivity index (χ1n) is 11.3. The Kier molecular flexibility index (Phi) is 5.80. The molecule has 3 amide bonds. The Morgan fingerprint density at radius 1 is 0.914 bits per heavy atom. The van der Waals surface area contributed by atoms with Gasteiger partial charge in [0.25, 0.3) is 11.4 Å². The molecule has 180 valence electrons. The smallest absolute Gasteiger partial charge is 0.387 e. The van der Waals surface area contributed by atoms with Gasteiger partial charge in [0, 0.05) is 49.4 Å². The van der Waals surface area contributed by atoms with Crippen LogP contribution in [0.4, 0.5) is 25.8 Å². The molecule has 0 aliphatic carbocycles. The van der Waals surface area contributed by atoms with Gasteiger partial charge < -0.3 is 20.3 Å². The predicted octanol–water partition coefficient (Wildman–Crippen LogP) is 3.08. The van der Waals surface area contributed by atoms with Crippen LogP contribution in [0.15, 0.2) is 59.8 Å².